The van der Waals surface area contributed by atoms with Crippen LogP contribution in [-0.4, -0.2) is 14.3 Å². The highest BCUT2D eigenvalue weighted by Gasteiger charge is 2.17. The van der Waals surface area contributed by atoms with Crippen LogP contribution in [0.15, 0.2) is 48.5 Å². The van der Waals surface area contributed by atoms with Crippen molar-refractivity contribution in [2.24, 2.45) is 0 Å². The molecule has 5 nitrogen and oxygen atoms in total. The fraction of sp³-hybridized carbons (Fsp3) is 0.278. The number of carbonyl (C=O) groups is 1. The third-order valence-electron chi connectivity index (χ3n) is 3.67. The summed E-state index contributed by atoms with van der Waals surface area (Å²) in [5, 5.41) is 2.69. The zero-order chi connectivity index (χ0) is 17.7. The van der Waals surface area contributed by atoms with E-state index in [0.29, 0.717) is 5.69 Å². The van der Waals surface area contributed by atoms with Crippen LogP contribution < -0.4 is 10.0 Å². The number of hydrogen-bond acceptors (Lipinski definition) is 3. The Bertz CT molecular complexity index is 832. The average Bonchev–Trinajstić information content (AvgIpc) is 2.48. The second-order valence-corrected chi connectivity index (χ2v) is 7.59. The Labute approximate surface area is 143 Å². The van der Waals surface area contributed by atoms with Gasteiger partial charge in [0.2, 0.25) is 15.9 Å². The lowest BCUT2D eigenvalue weighted by Crippen LogP contribution is -2.28. The molecule has 0 bridgehead atoms. The van der Waals surface area contributed by atoms with E-state index in [1.54, 1.807) is 25.1 Å². The molecule has 128 valence electrons. The van der Waals surface area contributed by atoms with Gasteiger partial charge in [-0.2, -0.15) is 0 Å². The molecule has 2 rings (SSSR count). The third-order valence-corrected chi connectivity index (χ3v) is 5.07. The van der Waals surface area contributed by atoms with Crippen molar-refractivity contribution < 1.29 is 13.2 Å². The lowest BCUT2D eigenvalue weighted by Gasteiger charge is -2.16. The highest BCUT2D eigenvalue weighted by molar-refractivity contribution is 7.88. The number of carbonyl (C=O) groups excluding carboxylic acids is 1. The Morgan fingerprint density at radius 3 is 2.50 bits per heavy atom. The van der Waals surface area contributed by atoms with Crippen molar-refractivity contribution in [2.75, 3.05) is 5.32 Å². The highest BCUT2D eigenvalue weighted by atomic mass is 32.2. The zero-order valence-electron chi connectivity index (χ0n) is 14.0. The highest BCUT2D eigenvalue weighted by Crippen LogP contribution is 2.19. The number of amides is 1. The molecule has 0 radical (unpaired) electrons. The summed E-state index contributed by atoms with van der Waals surface area (Å²) < 4.78 is 27.5. The molecule has 2 aromatic carbocycles. The number of aryl methyl sites for hydroxylation is 1. The van der Waals surface area contributed by atoms with Crippen molar-refractivity contribution in [1.29, 1.82) is 0 Å². The second kappa shape index (κ2) is 7.59. The van der Waals surface area contributed by atoms with Crippen LogP contribution in [-0.2, 0) is 20.6 Å². The molecule has 0 aliphatic rings. The van der Waals surface area contributed by atoms with Crippen LogP contribution in [0.25, 0.3) is 0 Å². The third kappa shape index (κ3) is 5.18. The van der Waals surface area contributed by atoms with Gasteiger partial charge >= 0.3 is 0 Å². The average molecular weight is 346 g/mol. The topological polar surface area (TPSA) is 75.3 Å². The van der Waals surface area contributed by atoms with E-state index in [-0.39, 0.29) is 11.7 Å². The zero-order valence-corrected chi connectivity index (χ0v) is 14.9. The largest absolute Gasteiger partial charge is 0.326 e. The molecular weight excluding hydrogens is 324 g/mol. The molecule has 0 aliphatic heterocycles. The molecule has 0 fully saturated rings. The summed E-state index contributed by atoms with van der Waals surface area (Å²) in [6, 6.07) is 14.2. The predicted octanol–water partition coefficient (Wildman–Crippen LogP) is 3.13. The van der Waals surface area contributed by atoms with Gasteiger partial charge in [0.1, 0.15) is 0 Å². The Hall–Kier alpha value is -2.18. The lowest BCUT2D eigenvalue weighted by molar-refractivity contribution is -0.114. The number of hydrogen-bond donors (Lipinski definition) is 2. The van der Waals surface area contributed by atoms with Gasteiger partial charge in [-0.15, -0.1) is 0 Å². The van der Waals surface area contributed by atoms with Gasteiger partial charge in [-0.3, -0.25) is 4.79 Å². The fourth-order valence-electron chi connectivity index (χ4n) is 2.44. The summed E-state index contributed by atoms with van der Waals surface area (Å²) >= 11 is 0. The van der Waals surface area contributed by atoms with Crippen molar-refractivity contribution in [2.45, 2.75) is 32.6 Å². The minimum atomic E-state index is -3.48. The maximum atomic E-state index is 12.4. The minimum Gasteiger partial charge on any atom is -0.326 e. The van der Waals surface area contributed by atoms with E-state index in [9.17, 15) is 13.2 Å². The van der Waals surface area contributed by atoms with Gasteiger partial charge in [0.25, 0.3) is 0 Å². The van der Waals surface area contributed by atoms with E-state index in [0.717, 1.165) is 16.7 Å². The van der Waals surface area contributed by atoms with E-state index in [1.807, 2.05) is 37.3 Å². The molecule has 2 aromatic rings. The predicted molar refractivity (Wildman–Crippen MR) is 96.1 cm³/mol. The van der Waals surface area contributed by atoms with Gasteiger partial charge in [-0.25, -0.2) is 13.1 Å². The quantitative estimate of drug-likeness (QED) is 0.844. The first-order valence-electron chi connectivity index (χ1n) is 7.69. The summed E-state index contributed by atoms with van der Waals surface area (Å²) in [4.78, 5) is 11.1. The molecule has 6 heteroatoms. The Morgan fingerprint density at radius 1 is 1.12 bits per heavy atom. The van der Waals surface area contributed by atoms with Crippen LogP contribution in [0.2, 0.25) is 0 Å². The number of anilines is 1. The maximum Gasteiger partial charge on any atom is 0.221 e. The number of nitrogens with one attached hydrogen (secondary N) is 2. The first-order chi connectivity index (χ1) is 11.3. The van der Waals surface area contributed by atoms with Crippen LogP contribution in [0.3, 0.4) is 0 Å². The van der Waals surface area contributed by atoms with Crippen molar-refractivity contribution in [3.8, 4) is 0 Å². The van der Waals surface area contributed by atoms with E-state index in [2.05, 4.69) is 10.0 Å². The van der Waals surface area contributed by atoms with Gasteiger partial charge in [0.05, 0.1) is 5.75 Å². The van der Waals surface area contributed by atoms with E-state index in [1.165, 1.54) is 6.92 Å². The number of benzene rings is 2. The number of sulfonamides is 1. The van der Waals surface area contributed by atoms with Gasteiger partial charge in [0.15, 0.2) is 0 Å². The van der Waals surface area contributed by atoms with Crippen molar-refractivity contribution in [3.05, 3.63) is 65.2 Å². The first kappa shape index (κ1) is 18.2. The molecule has 0 unspecified atom stereocenters. The molecule has 0 aromatic heterocycles. The van der Waals surface area contributed by atoms with Crippen LogP contribution in [0.4, 0.5) is 5.69 Å². The molecule has 1 amide bonds. The van der Waals surface area contributed by atoms with Crippen LogP contribution in [0.1, 0.15) is 36.6 Å². The van der Waals surface area contributed by atoms with Crippen LogP contribution in [0.5, 0.6) is 0 Å². The molecule has 2 N–H and O–H groups in total. The Balaban J connectivity index is 2.12. The van der Waals surface area contributed by atoms with E-state index >= 15 is 0 Å². The Morgan fingerprint density at radius 2 is 1.83 bits per heavy atom. The van der Waals surface area contributed by atoms with Gasteiger partial charge in [-0.1, -0.05) is 36.4 Å². The maximum absolute atomic E-state index is 12.4. The number of rotatable bonds is 6. The summed E-state index contributed by atoms with van der Waals surface area (Å²) in [7, 11) is -3.48. The van der Waals surface area contributed by atoms with Crippen LogP contribution in [0, 0.1) is 6.92 Å². The molecule has 0 saturated carbocycles. The Kier molecular flexibility index (Phi) is 5.75. The lowest BCUT2D eigenvalue weighted by atomic mass is 10.1. The molecule has 24 heavy (non-hydrogen) atoms. The summed E-state index contributed by atoms with van der Waals surface area (Å²) in [6.45, 7) is 5.11. The molecule has 0 heterocycles. The van der Waals surface area contributed by atoms with Crippen LogP contribution >= 0.6 is 0 Å². The smallest absolute Gasteiger partial charge is 0.221 e. The van der Waals surface area contributed by atoms with Crippen molar-refractivity contribution >= 4 is 21.6 Å². The van der Waals surface area contributed by atoms with Crippen molar-refractivity contribution in [3.63, 3.8) is 0 Å². The van der Waals surface area contributed by atoms with Crippen molar-refractivity contribution in [1.82, 2.24) is 4.72 Å². The normalized spacial score (nSPS) is 12.6. The summed E-state index contributed by atoms with van der Waals surface area (Å²) in [5.74, 6) is -0.227. The molecule has 0 spiro atoms. The molecule has 1 atom stereocenters. The standard InChI is InChI=1S/C18H22N2O3S/c1-13-7-4-5-8-17(13)12-24(22,23)20-14(2)16-9-6-10-18(11-16)19-15(3)21/h4-11,14,20H,12H2,1-3H3,(H,19,21)/t14-/m0/s1. The molecule has 0 aliphatic carbocycles. The van der Waals surface area contributed by atoms with E-state index < -0.39 is 16.1 Å². The van der Waals surface area contributed by atoms with Gasteiger partial charge in [-0.05, 0) is 42.7 Å². The summed E-state index contributed by atoms with van der Waals surface area (Å²) in [6.07, 6.45) is 0. The second-order valence-electron chi connectivity index (χ2n) is 5.83. The monoisotopic (exact) mass is 346 g/mol. The van der Waals surface area contributed by atoms with E-state index in [4.69, 9.17) is 0 Å². The van der Waals surface area contributed by atoms with Gasteiger partial charge < -0.3 is 5.32 Å². The molecular formula is C18H22N2O3S. The first-order valence-corrected chi connectivity index (χ1v) is 9.34. The SMILES string of the molecule is CC(=O)Nc1cccc([C@H](C)NS(=O)(=O)Cc2ccccc2C)c1. The fourth-order valence-corrected chi connectivity index (χ4v) is 3.94. The minimum absolute atomic E-state index is 0.0601. The molecule has 0 saturated heterocycles. The summed E-state index contributed by atoms with van der Waals surface area (Å²) in [5.41, 5.74) is 3.16. The van der Waals surface area contributed by atoms with Gasteiger partial charge in [0, 0.05) is 18.7 Å².